The van der Waals surface area contributed by atoms with Gasteiger partial charge in [-0.15, -0.1) is 11.3 Å². The van der Waals surface area contributed by atoms with Gasteiger partial charge in [0.2, 0.25) is 0 Å². The Bertz CT molecular complexity index is 804. The number of nitrogens with one attached hydrogen (secondary N) is 1. The smallest absolute Gasteiger partial charge is 0.341 e. The van der Waals surface area contributed by atoms with E-state index in [1.807, 2.05) is 31.2 Å². The first kappa shape index (κ1) is 20.8. The van der Waals surface area contributed by atoms with Crippen molar-refractivity contribution < 1.29 is 9.53 Å². The number of piperidine rings is 1. The molecule has 1 aliphatic heterocycles. The molecule has 0 bridgehead atoms. The minimum Gasteiger partial charge on any atom is -0.462 e. The monoisotopic (exact) mass is 416 g/mol. The highest BCUT2D eigenvalue weighted by molar-refractivity contribution is 7.80. The van der Waals surface area contributed by atoms with Crippen molar-refractivity contribution in [2.45, 2.75) is 52.0 Å². The van der Waals surface area contributed by atoms with Gasteiger partial charge in [0.15, 0.2) is 5.11 Å². The average molecular weight is 417 g/mol. The number of hydrogen-bond donors (Lipinski definition) is 1. The lowest BCUT2D eigenvalue weighted by Gasteiger charge is -2.37. The van der Waals surface area contributed by atoms with Crippen LogP contribution in [0.25, 0.3) is 0 Å². The van der Waals surface area contributed by atoms with Gasteiger partial charge in [0.25, 0.3) is 0 Å². The molecule has 150 valence electrons. The van der Waals surface area contributed by atoms with E-state index in [2.05, 4.69) is 29.3 Å². The van der Waals surface area contributed by atoms with Gasteiger partial charge in [-0.25, -0.2) is 4.79 Å². The Kier molecular flexibility index (Phi) is 7.45. The molecule has 0 radical (unpaired) electrons. The summed E-state index contributed by atoms with van der Waals surface area (Å²) in [7, 11) is 0. The molecule has 1 unspecified atom stereocenters. The second kappa shape index (κ2) is 10.0. The van der Waals surface area contributed by atoms with Crippen LogP contribution < -0.4 is 5.32 Å². The first-order chi connectivity index (χ1) is 13.6. The summed E-state index contributed by atoms with van der Waals surface area (Å²) in [5.41, 5.74) is 1.79. The third kappa shape index (κ3) is 5.11. The zero-order valence-corrected chi connectivity index (χ0v) is 18.2. The Balaban J connectivity index is 1.81. The fourth-order valence-corrected chi connectivity index (χ4v) is 5.13. The number of anilines is 1. The van der Waals surface area contributed by atoms with Gasteiger partial charge in [0.05, 0.1) is 12.2 Å². The maximum atomic E-state index is 12.5. The molecule has 0 saturated carbocycles. The number of rotatable bonds is 6. The van der Waals surface area contributed by atoms with E-state index in [1.54, 1.807) is 11.3 Å². The fraction of sp³-hybridized carbons (Fsp3) is 0.455. The Morgan fingerprint density at radius 1 is 1.29 bits per heavy atom. The predicted octanol–water partition coefficient (Wildman–Crippen LogP) is 5.48. The summed E-state index contributed by atoms with van der Waals surface area (Å²) in [6, 6.07) is 12.7. The van der Waals surface area contributed by atoms with E-state index in [0.717, 1.165) is 35.7 Å². The Morgan fingerprint density at radius 3 is 2.79 bits per heavy atom. The van der Waals surface area contributed by atoms with Gasteiger partial charge in [-0.2, -0.15) is 0 Å². The zero-order chi connectivity index (χ0) is 19.9. The molecular weight excluding hydrogens is 388 g/mol. The molecule has 28 heavy (non-hydrogen) atoms. The van der Waals surface area contributed by atoms with Crippen molar-refractivity contribution in [2.24, 2.45) is 0 Å². The van der Waals surface area contributed by atoms with Gasteiger partial charge >= 0.3 is 5.97 Å². The molecule has 1 saturated heterocycles. The maximum absolute atomic E-state index is 12.5. The number of nitrogens with zero attached hydrogens (tertiary/aromatic N) is 1. The van der Waals surface area contributed by atoms with E-state index in [-0.39, 0.29) is 5.97 Å². The summed E-state index contributed by atoms with van der Waals surface area (Å²) in [6.45, 7) is 5.36. The van der Waals surface area contributed by atoms with Crippen LogP contribution in [0.15, 0.2) is 36.4 Å². The first-order valence-electron chi connectivity index (χ1n) is 10.0. The SMILES string of the molecule is CCOC(=O)c1cc(Cc2ccccc2)sc1NC(=S)N1CCCCC1CC. The maximum Gasteiger partial charge on any atom is 0.341 e. The number of carbonyl (C=O) groups excluding carboxylic acids is 1. The minimum atomic E-state index is -0.297. The minimum absolute atomic E-state index is 0.297. The molecule has 4 nitrogen and oxygen atoms in total. The molecule has 1 aliphatic rings. The molecule has 0 spiro atoms. The number of ether oxygens (including phenoxy) is 1. The second-order valence-corrected chi connectivity index (χ2v) is 8.54. The third-order valence-corrected chi connectivity index (χ3v) is 6.47. The molecule has 2 aromatic rings. The van der Waals surface area contributed by atoms with Crippen LogP contribution >= 0.6 is 23.6 Å². The summed E-state index contributed by atoms with van der Waals surface area (Å²) in [5.74, 6) is -0.297. The molecule has 6 heteroatoms. The quantitative estimate of drug-likeness (QED) is 0.499. The Labute approximate surface area is 176 Å². The van der Waals surface area contributed by atoms with Crippen molar-refractivity contribution >= 4 is 39.6 Å². The normalized spacial score (nSPS) is 16.6. The molecule has 1 aromatic heterocycles. The van der Waals surface area contributed by atoms with Gasteiger partial charge in [-0.3, -0.25) is 0 Å². The van der Waals surface area contributed by atoms with Crippen molar-refractivity contribution in [1.29, 1.82) is 0 Å². The van der Waals surface area contributed by atoms with E-state index in [0.29, 0.717) is 23.3 Å². The highest BCUT2D eigenvalue weighted by atomic mass is 32.1. The van der Waals surface area contributed by atoms with Gasteiger partial charge in [0, 0.05) is 23.9 Å². The van der Waals surface area contributed by atoms with Crippen LogP contribution in [0.4, 0.5) is 5.00 Å². The Hall–Kier alpha value is -1.92. The molecule has 1 fully saturated rings. The van der Waals surface area contributed by atoms with Gasteiger partial charge in [-0.1, -0.05) is 37.3 Å². The van der Waals surface area contributed by atoms with Crippen LogP contribution in [0.1, 0.15) is 60.3 Å². The summed E-state index contributed by atoms with van der Waals surface area (Å²) in [6.07, 6.45) is 5.45. The van der Waals surface area contributed by atoms with Crippen LogP contribution in [-0.2, 0) is 11.2 Å². The van der Waals surface area contributed by atoms with Crippen molar-refractivity contribution in [3.8, 4) is 0 Å². The largest absolute Gasteiger partial charge is 0.462 e. The number of esters is 1. The summed E-state index contributed by atoms with van der Waals surface area (Å²) >= 11 is 7.30. The molecule has 1 atom stereocenters. The lowest BCUT2D eigenvalue weighted by molar-refractivity contribution is 0.0528. The number of likely N-dealkylation sites (tertiary alicyclic amines) is 1. The lowest BCUT2D eigenvalue weighted by Crippen LogP contribution is -2.45. The lowest BCUT2D eigenvalue weighted by atomic mass is 10.0. The molecule has 2 heterocycles. The summed E-state index contributed by atoms with van der Waals surface area (Å²) < 4.78 is 5.27. The fourth-order valence-electron chi connectivity index (χ4n) is 3.64. The van der Waals surface area contributed by atoms with Crippen LogP contribution in [0.5, 0.6) is 0 Å². The van der Waals surface area contributed by atoms with E-state index in [4.69, 9.17) is 17.0 Å². The van der Waals surface area contributed by atoms with E-state index in [9.17, 15) is 4.79 Å². The standard InChI is InChI=1S/C22H28N2O2S2/c1-3-17-12-8-9-13-24(17)22(27)23-20-19(21(25)26-4-2)15-18(28-20)14-16-10-6-5-7-11-16/h5-7,10-11,15,17H,3-4,8-9,12-14H2,1-2H3,(H,23,27). The van der Waals surface area contributed by atoms with Crippen LogP contribution in [0, 0.1) is 0 Å². The van der Waals surface area contributed by atoms with Crippen LogP contribution in [0.2, 0.25) is 0 Å². The number of benzene rings is 1. The van der Waals surface area contributed by atoms with Crippen LogP contribution in [0.3, 0.4) is 0 Å². The highest BCUT2D eigenvalue weighted by Gasteiger charge is 2.25. The van der Waals surface area contributed by atoms with Crippen molar-refractivity contribution in [3.05, 3.63) is 52.4 Å². The number of thiophene rings is 1. The summed E-state index contributed by atoms with van der Waals surface area (Å²) in [4.78, 5) is 15.9. The molecular formula is C22H28N2O2S2. The van der Waals surface area contributed by atoms with Crippen molar-refractivity contribution in [3.63, 3.8) is 0 Å². The molecule has 0 amide bonds. The van der Waals surface area contributed by atoms with Gasteiger partial charge in [0.1, 0.15) is 5.00 Å². The number of hydrogen-bond acceptors (Lipinski definition) is 4. The number of carbonyl (C=O) groups is 1. The molecule has 0 aliphatic carbocycles. The predicted molar refractivity (Wildman–Crippen MR) is 120 cm³/mol. The summed E-state index contributed by atoms with van der Waals surface area (Å²) in [5, 5.41) is 4.87. The molecule has 3 rings (SSSR count). The Morgan fingerprint density at radius 2 is 2.07 bits per heavy atom. The van der Waals surface area contributed by atoms with Crippen LogP contribution in [-0.4, -0.2) is 35.2 Å². The molecule has 1 N–H and O–H groups in total. The van der Waals surface area contributed by atoms with Gasteiger partial charge < -0.3 is 15.0 Å². The topological polar surface area (TPSA) is 41.6 Å². The first-order valence-corrected chi connectivity index (χ1v) is 11.3. The average Bonchev–Trinajstić information content (AvgIpc) is 3.11. The van der Waals surface area contributed by atoms with Gasteiger partial charge in [-0.05, 0) is 56.5 Å². The third-order valence-electron chi connectivity index (χ3n) is 5.08. The van der Waals surface area contributed by atoms with E-state index in [1.165, 1.54) is 18.4 Å². The van der Waals surface area contributed by atoms with Crippen molar-refractivity contribution in [1.82, 2.24) is 4.90 Å². The van der Waals surface area contributed by atoms with Crippen molar-refractivity contribution in [2.75, 3.05) is 18.5 Å². The highest BCUT2D eigenvalue weighted by Crippen LogP contribution is 2.32. The molecule has 1 aromatic carbocycles. The van der Waals surface area contributed by atoms with E-state index < -0.39 is 0 Å². The zero-order valence-electron chi connectivity index (χ0n) is 16.6. The number of thiocarbonyl (C=S) groups is 1. The second-order valence-electron chi connectivity index (χ2n) is 7.02. The van der Waals surface area contributed by atoms with E-state index >= 15 is 0 Å².